The van der Waals surface area contributed by atoms with Gasteiger partial charge >= 0.3 is 0 Å². The summed E-state index contributed by atoms with van der Waals surface area (Å²) in [6, 6.07) is 4.46. The predicted octanol–water partition coefficient (Wildman–Crippen LogP) is 3.25. The lowest BCUT2D eigenvalue weighted by molar-refractivity contribution is 0.0939. The standard InChI is InChI=1S/C14H15BrN2O3/c1-7(13-8(2)17-20-9(13)3)16-14(19)10-4-5-11(15)12(18)6-10/h4-7,18H,1-3H3,(H,16,19)/t7-/m0/s1. The van der Waals surface area contributed by atoms with Gasteiger partial charge < -0.3 is 14.9 Å². The van der Waals surface area contributed by atoms with Crippen LogP contribution >= 0.6 is 15.9 Å². The summed E-state index contributed by atoms with van der Waals surface area (Å²) in [7, 11) is 0. The van der Waals surface area contributed by atoms with Crippen molar-refractivity contribution in [3.8, 4) is 5.75 Å². The Bertz CT molecular complexity index is 632. The minimum Gasteiger partial charge on any atom is -0.507 e. The van der Waals surface area contributed by atoms with E-state index in [1.165, 1.54) is 6.07 Å². The fraction of sp³-hybridized carbons (Fsp3) is 0.286. The number of hydrogen-bond acceptors (Lipinski definition) is 4. The lowest BCUT2D eigenvalue weighted by atomic mass is 10.1. The number of nitrogens with zero attached hydrogens (tertiary/aromatic N) is 1. The van der Waals surface area contributed by atoms with Gasteiger partial charge in [-0.15, -0.1) is 0 Å². The molecule has 1 aromatic heterocycles. The van der Waals surface area contributed by atoms with Crippen molar-refractivity contribution in [3.63, 3.8) is 0 Å². The molecule has 0 aliphatic heterocycles. The van der Waals surface area contributed by atoms with Crippen molar-refractivity contribution >= 4 is 21.8 Å². The Balaban J connectivity index is 2.17. The van der Waals surface area contributed by atoms with E-state index in [1.54, 1.807) is 12.1 Å². The van der Waals surface area contributed by atoms with Gasteiger partial charge in [0.15, 0.2) is 0 Å². The van der Waals surface area contributed by atoms with Gasteiger partial charge in [-0.2, -0.15) is 0 Å². The van der Waals surface area contributed by atoms with Crippen LogP contribution in [0.15, 0.2) is 27.2 Å². The first-order chi connectivity index (χ1) is 9.40. The lowest BCUT2D eigenvalue weighted by Crippen LogP contribution is -2.27. The third-order valence-corrected chi connectivity index (χ3v) is 3.75. The lowest BCUT2D eigenvalue weighted by Gasteiger charge is -2.14. The topological polar surface area (TPSA) is 75.4 Å². The third kappa shape index (κ3) is 2.85. The number of nitrogens with one attached hydrogen (secondary N) is 1. The molecule has 1 atom stereocenters. The maximum atomic E-state index is 12.1. The predicted molar refractivity (Wildman–Crippen MR) is 77.7 cm³/mol. The van der Waals surface area contributed by atoms with Crippen LogP contribution in [0.1, 0.15) is 40.3 Å². The molecule has 0 spiro atoms. The van der Waals surface area contributed by atoms with Gasteiger partial charge in [0.05, 0.1) is 16.2 Å². The molecule has 1 heterocycles. The summed E-state index contributed by atoms with van der Waals surface area (Å²) >= 11 is 3.18. The van der Waals surface area contributed by atoms with Crippen molar-refractivity contribution < 1.29 is 14.4 Å². The van der Waals surface area contributed by atoms with E-state index < -0.39 is 0 Å². The molecule has 1 amide bonds. The van der Waals surface area contributed by atoms with Crippen molar-refractivity contribution in [1.82, 2.24) is 10.5 Å². The molecule has 0 unspecified atom stereocenters. The Morgan fingerprint density at radius 3 is 2.70 bits per heavy atom. The molecule has 5 nitrogen and oxygen atoms in total. The van der Waals surface area contributed by atoms with Gasteiger partial charge in [0.2, 0.25) is 0 Å². The molecule has 2 aromatic rings. The Morgan fingerprint density at radius 1 is 1.45 bits per heavy atom. The van der Waals surface area contributed by atoms with E-state index in [0.717, 1.165) is 11.3 Å². The van der Waals surface area contributed by atoms with Gasteiger partial charge in [0.1, 0.15) is 11.5 Å². The van der Waals surface area contributed by atoms with Crippen molar-refractivity contribution in [2.24, 2.45) is 0 Å². The quantitative estimate of drug-likeness (QED) is 0.900. The average molecular weight is 339 g/mol. The summed E-state index contributed by atoms with van der Waals surface area (Å²) in [5.41, 5.74) is 2.03. The molecule has 0 bridgehead atoms. The SMILES string of the molecule is Cc1noc(C)c1[C@H](C)NC(=O)c1ccc(Br)c(O)c1. The van der Waals surface area contributed by atoms with E-state index in [1.807, 2.05) is 20.8 Å². The number of aromatic hydroxyl groups is 1. The second-order valence-electron chi connectivity index (χ2n) is 4.60. The summed E-state index contributed by atoms with van der Waals surface area (Å²) in [5.74, 6) is 0.455. The summed E-state index contributed by atoms with van der Waals surface area (Å²) in [5, 5.41) is 16.3. The maximum absolute atomic E-state index is 12.1. The van der Waals surface area contributed by atoms with Crippen LogP contribution < -0.4 is 5.32 Å². The number of benzene rings is 1. The van der Waals surface area contributed by atoms with Crippen LogP contribution in [-0.2, 0) is 0 Å². The van der Waals surface area contributed by atoms with Gasteiger partial charge in [-0.3, -0.25) is 4.79 Å². The Labute approximate surface area is 125 Å². The Hall–Kier alpha value is -1.82. The Morgan fingerprint density at radius 2 is 2.15 bits per heavy atom. The molecular weight excluding hydrogens is 324 g/mol. The molecule has 0 aliphatic carbocycles. The van der Waals surface area contributed by atoms with Crippen LogP contribution in [-0.4, -0.2) is 16.2 Å². The van der Waals surface area contributed by atoms with Crippen LogP contribution in [0, 0.1) is 13.8 Å². The number of phenolic OH excluding ortho intramolecular Hbond substituents is 1. The molecule has 0 radical (unpaired) electrons. The van der Waals surface area contributed by atoms with Gasteiger partial charge in [-0.05, 0) is 54.9 Å². The summed E-state index contributed by atoms with van der Waals surface area (Å²) in [6.07, 6.45) is 0. The van der Waals surface area contributed by atoms with E-state index in [9.17, 15) is 9.90 Å². The summed E-state index contributed by atoms with van der Waals surface area (Å²) < 4.78 is 5.64. The molecule has 0 saturated carbocycles. The van der Waals surface area contributed by atoms with Crippen LogP contribution in [0.2, 0.25) is 0 Å². The molecule has 0 aliphatic rings. The smallest absolute Gasteiger partial charge is 0.251 e. The first kappa shape index (κ1) is 14.6. The molecule has 1 aromatic carbocycles. The van der Waals surface area contributed by atoms with Crippen molar-refractivity contribution in [2.45, 2.75) is 26.8 Å². The minimum atomic E-state index is -0.264. The molecule has 0 fully saturated rings. The minimum absolute atomic E-state index is 0.0302. The van der Waals surface area contributed by atoms with Gasteiger partial charge in [-0.1, -0.05) is 5.16 Å². The maximum Gasteiger partial charge on any atom is 0.251 e. The van der Waals surface area contributed by atoms with Crippen LogP contribution in [0.4, 0.5) is 0 Å². The Kier molecular flexibility index (Phi) is 4.13. The normalized spacial score (nSPS) is 12.2. The number of carbonyl (C=O) groups excluding carboxylic acids is 1. The first-order valence-corrected chi connectivity index (χ1v) is 6.91. The van der Waals surface area contributed by atoms with E-state index >= 15 is 0 Å². The molecule has 0 saturated heterocycles. The van der Waals surface area contributed by atoms with Crippen molar-refractivity contribution in [1.29, 1.82) is 0 Å². The van der Waals surface area contributed by atoms with E-state index in [0.29, 0.717) is 15.8 Å². The molecule has 2 N–H and O–H groups in total. The number of hydrogen-bond donors (Lipinski definition) is 2. The largest absolute Gasteiger partial charge is 0.507 e. The molecular formula is C14H15BrN2O3. The molecule has 6 heteroatoms. The van der Waals surface area contributed by atoms with Crippen LogP contribution in [0.3, 0.4) is 0 Å². The number of halogens is 1. The number of rotatable bonds is 3. The summed E-state index contributed by atoms with van der Waals surface area (Å²) in [6.45, 7) is 5.51. The molecule has 20 heavy (non-hydrogen) atoms. The highest BCUT2D eigenvalue weighted by Crippen LogP contribution is 2.25. The third-order valence-electron chi connectivity index (χ3n) is 3.08. The zero-order chi connectivity index (χ0) is 14.9. The second kappa shape index (κ2) is 5.66. The highest BCUT2D eigenvalue weighted by molar-refractivity contribution is 9.10. The number of amides is 1. The van der Waals surface area contributed by atoms with Gasteiger partial charge in [-0.25, -0.2) is 0 Å². The van der Waals surface area contributed by atoms with Crippen LogP contribution in [0.5, 0.6) is 5.75 Å². The zero-order valence-electron chi connectivity index (χ0n) is 11.4. The zero-order valence-corrected chi connectivity index (χ0v) is 13.0. The van der Waals surface area contributed by atoms with E-state index in [4.69, 9.17) is 4.52 Å². The number of aromatic nitrogens is 1. The van der Waals surface area contributed by atoms with E-state index in [-0.39, 0.29) is 17.7 Å². The molecule has 2 rings (SSSR count). The monoisotopic (exact) mass is 338 g/mol. The fourth-order valence-corrected chi connectivity index (χ4v) is 2.36. The molecule has 106 valence electrons. The van der Waals surface area contributed by atoms with Crippen molar-refractivity contribution in [3.05, 3.63) is 45.3 Å². The fourth-order valence-electron chi connectivity index (χ4n) is 2.11. The van der Waals surface area contributed by atoms with E-state index in [2.05, 4.69) is 26.4 Å². The summed E-state index contributed by atoms with van der Waals surface area (Å²) in [4.78, 5) is 12.1. The number of phenols is 1. The second-order valence-corrected chi connectivity index (χ2v) is 5.45. The first-order valence-electron chi connectivity index (χ1n) is 6.12. The van der Waals surface area contributed by atoms with Crippen molar-refractivity contribution in [2.75, 3.05) is 0 Å². The average Bonchev–Trinajstić information content (AvgIpc) is 2.72. The van der Waals surface area contributed by atoms with Gasteiger partial charge in [0.25, 0.3) is 5.91 Å². The highest BCUT2D eigenvalue weighted by Gasteiger charge is 2.19. The van der Waals surface area contributed by atoms with Crippen LogP contribution in [0.25, 0.3) is 0 Å². The number of aryl methyl sites for hydroxylation is 2. The number of carbonyl (C=O) groups is 1. The highest BCUT2D eigenvalue weighted by atomic mass is 79.9. The van der Waals surface area contributed by atoms with Gasteiger partial charge in [0, 0.05) is 11.1 Å².